The number of nitriles is 1. The van der Waals surface area contributed by atoms with Gasteiger partial charge in [-0.3, -0.25) is 4.79 Å². The number of furan rings is 1. The minimum atomic E-state index is -0.699. The molecule has 1 aliphatic heterocycles. The molecule has 28 heavy (non-hydrogen) atoms. The summed E-state index contributed by atoms with van der Waals surface area (Å²) in [7, 11) is 1.45. The van der Waals surface area contributed by atoms with Gasteiger partial charge < -0.3 is 24.7 Å². The summed E-state index contributed by atoms with van der Waals surface area (Å²) in [5.41, 5.74) is 7.12. The molecule has 2 atom stereocenters. The van der Waals surface area contributed by atoms with E-state index in [4.69, 9.17) is 19.6 Å². The first-order chi connectivity index (χ1) is 13.5. The predicted octanol–water partition coefficient (Wildman–Crippen LogP) is 3.20. The lowest BCUT2D eigenvalue weighted by Crippen LogP contribution is -2.29. The predicted molar refractivity (Wildman–Crippen MR) is 98.0 cm³/mol. The third-order valence-corrected chi connectivity index (χ3v) is 5.14. The van der Waals surface area contributed by atoms with Gasteiger partial charge in [-0.25, -0.2) is 0 Å². The Morgan fingerprint density at radius 1 is 1.32 bits per heavy atom. The van der Waals surface area contributed by atoms with Crippen LogP contribution in [-0.4, -0.2) is 18.0 Å². The summed E-state index contributed by atoms with van der Waals surface area (Å²) >= 11 is 0. The number of rotatable bonds is 3. The van der Waals surface area contributed by atoms with Crippen LogP contribution >= 0.6 is 0 Å². The molecule has 1 aromatic carbocycles. The van der Waals surface area contributed by atoms with Gasteiger partial charge in [-0.2, -0.15) is 5.26 Å². The van der Waals surface area contributed by atoms with Gasteiger partial charge >= 0.3 is 0 Å². The molecule has 0 saturated heterocycles. The third kappa shape index (κ3) is 2.79. The molecule has 142 valence electrons. The van der Waals surface area contributed by atoms with Crippen LogP contribution in [0.25, 0.3) is 0 Å². The van der Waals surface area contributed by atoms with Crippen molar-refractivity contribution in [3.05, 3.63) is 70.7 Å². The number of carbonyl (C=O) groups excluding carboxylic acids is 1. The van der Waals surface area contributed by atoms with E-state index in [1.807, 2.05) is 6.07 Å². The van der Waals surface area contributed by atoms with Gasteiger partial charge in [0.15, 0.2) is 17.3 Å². The Morgan fingerprint density at radius 2 is 2.14 bits per heavy atom. The van der Waals surface area contributed by atoms with Crippen molar-refractivity contribution in [2.45, 2.75) is 24.7 Å². The van der Waals surface area contributed by atoms with E-state index in [-0.39, 0.29) is 35.3 Å². The molecule has 0 spiro atoms. The lowest BCUT2D eigenvalue weighted by molar-refractivity contribution is -0.117. The molecular weight excluding hydrogens is 360 g/mol. The van der Waals surface area contributed by atoms with Crippen molar-refractivity contribution in [2.24, 2.45) is 5.73 Å². The van der Waals surface area contributed by atoms with E-state index in [0.29, 0.717) is 34.8 Å². The number of carbonyl (C=O) groups is 1. The fourth-order valence-electron chi connectivity index (χ4n) is 3.85. The highest BCUT2D eigenvalue weighted by molar-refractivity contribution is 6.00. The minimum absolute atomic E-state index is 0.0329. The summed E-state index contributed by atoms with van der Waals surface area (Å²) in [5, 5.41) is 19.8. The van der Waals surface area contributed by atoms with E-state index in [0.717, 1.165) is 0 Å². The molecule has 0 amide bonds. The van der Waals surface area contributed by atoms with Crippen LogP contribution in [0.2, 0.25) is 0 Å². The first kappa shape index (κ1) is 17.7. The van der Waals surface area contributed by atoms with Crippen molar-refractivity contribution < 1.29 is 23.8 Å². The van der Waals surface area contributed by atoms with E-state index in [1.165, 1.54) is 13.2 Å². The maximum atomic E-state index is 13.1. The average molecular weight is 378 g/mol. The monoisotopic (exact) mass is 378 g/mol. The fourth-order valence-corrected chi connectivity index (χ4v) is 3.85. The number of aromatic hydroxyl groups is 1. The number of hydrogen-bond acceptors (Lipinski definition) is 7. The SMILES string of the molecule is COc1ccc([C@@H]2C(C#N)=C(N)OC3=C2C(=O)C[C@H](c2ccco2)C3)cc1O. The lowest BCUT2D eigenvalue weighted by atomic mass is 9.74. The Hall–Kier alpha value is -3.66. The second-order valence-corrected chi connectivity index (χ2v) is 6.74. The number of ketones is 1. The van der Waals surface area contributed by atoms with Crippen molar-refractivity contribution >= 4 is 5.78 Å². The van der Waals surface area contributed by atoms with Gasteiger partial charge in [0.05, 0.1) is 19.3 Å². The Labute approximate surface area is 161 Å². The van der Waals surface area contributed by atoms with Crippen LogP contribution in [0.15, 0.2) is 63.8 Å². The van der Waals surface area contributed by atoms with Gasteiger partial charge in [0.25, 0.3) is 0 Å². The molecule has 1 aliphatic carbocycles. The average Bonchev–Trinajstić information content (AvgIpc) is 3.21. The van der Waals surface area contributed by atoms with Crippen molar-refractivity contribution in [3.63, 3.8) is 0 Å². The Bertz CT molecular complexity index is 1040. The Kier molecular flexibility index (Phi) is 4.32. The van der Waals surface area contributed by atoms with E-state index < -0.39 is 5.92 Å². The van der Waals surface area contributed by atoms with Gasteiger partial charge in [0.2, 0.25) is 5.88 Å². The smallest absolute Gasteiger partial charge is 0.205 e. The summed E-state index contributed by atoms with van der Waals surface area (Å²) in [6.07, 6.45) is 2.25. The van der Waals surface area contributed by atoms with E-state index in [2.05, 4.69) is 6.07 Å². The number of ether oxygens (including phenoxy) is 2. The number of phenols is 1. The zero-order valence-corrected chi connectivity index (χ0v) is 15.1. The molecule has 1 aromatic heterocycles. The number of hydrogen-bond donors (Lipinski definition) is 2. The van der Waals surface area contributed by atoms with Crippen LogP contribution in [-0.2, 0) is 9.53 Å². The van der Waals surface area contributed by atoms with Crippen LogP contribution in [0.1, 0.15) is 36.0 Å². The lowest BCUT2D eigenvalue weighted by Gasteiger charge is -2.33. The van der Waals surface area contributed by atoms with Crippen LogP contribution < -0.4 is 10.5 Å². The van der Waals surface area contributed by atoms with Crippen molar-refractivity contribution in [2.75, 3.05) is 7.11 Å². The van der Waals surface area contributed by atoms with Gasteiger partial charge in [-0.05, 0) is 29.8 Å². The zero-order chi connectivity index (χ0) is 19.8. The van der Waals surface area contributed by atoms with Gasteiger partial charge in [-0.15, -0.1) is 0 Å². The summed E-state index contributed by atoms with van der Waals surface area (Å²) in [6, 6.07) is 10.4. The van der Waals surface area contributed by atoms with Crippen LogP contribution in [0.3, 0.4) is 0 Å². The number of nitrogens with zero attached hydrogens (tertiary/aromatic N) is 1. The Balaban J connectivity index is 1.81. The quantitative estimate of drug-likeness (QED) is 0.842. The largest absolute Gasteiger partial charge is 0.504 e. The number of phenolic OH excluding ortho intramolecular Hbond substituents is 1. The van der Waals surface area contributed by atoms with Gasteiger partial charge in [-0.1, -0.05) is 6.07 Å². The van der Waals surface area contributed by atoms with Crippen LogP contribution in [0.5, 0.6) is 11.5 Å². The standard InChI is InChI=1S/C21H18N2O5/c1-26-17-5-4-11(7-14(17)24)19-13(10-22)21(23)28-18-9-12(8-15(25)20(18)19)16-3-2-6-27-16/h2-7,12,19,24H,8-9,23H2,1H3/t12-,19+/m0/s1. The molecule has 7 nitrogen and oxygen atoms in total. The molecule has 0 saturated carbocycles. The number of nitrogens with two attached hydrogens (primary N) is 1. The number of allylic oxidation sites excluding steroid dienone is 3. The van der Waals surface area contributed by atoms with Crippen molar-refractivity contribution in [1.29, 1.82) is 5.26 Å². The second kappa shape index (κ2) is 6.82. The molecule has 4 rings (SSSR count). The van der Waals surface area contributed by atoms with E-state index in [9.17, 15) is 15.2 Å². The molecule has 0 unspecified atom stereocenters. The fraction of sp³-hybridized carbons (Fsp3) is 0.238. The number of Topliss-reactive ketones (excluding diaryl/α,β-unsaturated/α-hetero) is 1. The maximum absolute atomic E-state index is 13.1. The van der Waals surface area contributed by atoms with Gasteiger partial charge in [0, 0.05) is 24.3 Å². The first-order valence-electron chi connectivity index (χ1n) is 8.77. The number of methoxy groups -OCH3 is 1. The zero-order valence-electron chi connectivity index (χ0n) is 15.1. The maximum Gasteiger partial charge on any atom is 0.205 e. The third-order valence-electron chi connectivity index (χ3n) is 5.14. The number of benzene rings is 1. The summed E-state index contributed by atoms with van der Waals surface area (Å²) in [5.74, 6) is 0.343. The highest BCUT2D eigenvalue weighted by atomic mass is 16.5. The van der Waals surface area contributed by atoms with Crippen molar-refractivity contribution in [3.8, 4) is 17.6 Å². The summed E-state index contributed by atoms with van der Waals surface area (Å²) in [4.78, 5) is 13.1. The van der Waals surface area contributed by atoms with Crippen molar-refractivity contribution in [1.82, 2.24) is 0 Å². The second-order valence-electron chi connectivity index (χ2n) is 6.74. The minimum Gasteiger partial charge on any atom is -0.504 e. The van der Waals surface area contributed by atoms with E-state index in [1.54, 1.807) is 24.5 Å². The molecule has 7 heteroatoms. The highest BCUT2D eigenvalue weighted by Gasteiger charge is 2.41. The summed E-state index contributed by atoms with van der Waals surface area (Å²) < 4.78 is 16.2. The topological polar surface area (TPSA) is 119 Å². The van der Waals surface area contributed by atoms with E-state index >= 15 is 0 Å². The highest BCUT2D eigenvalue weighted by Crippen LogP contribution is 2.47. The van der Waals surface area contributed by atoms with Crippen LogP contribution in [0.4, 0.5) is 0 Å². The molecule has 0 bridgehead atoms. The molecule has 0 fully saturated rings. The summed E-state index contributed by atoms with van der Waals surface area (Å²) in [6.45, 7) is 0. The normalized spacial score (nSPS) is 21.8. The van der Waals surface area contributed by atoms with Crippen LogP contribution in [0, 0.1) is 11.3 Å². The molecule has 3 N–H and O–H groups in total. The molecule has 0 radical (unpaired) electrons. The van der Waals surface area contributed by atoms with Gasteiger partial charge in [0.1, 0.15) is 23.2 Å². The molecule has 2 aliphatic rings. The first-order valence-corrected chi connectivity index (χ1v) is 8.77. The molecular formula is C21H18N2O5. The Morgan fingerprint density at radius 3 is 2.79 bits per heavy atom. The molecule has 2 heterocycles. The molecule has 2 aromatic rings.